The molecule has 0 spiro atoms. The molecular weight excluding hydrogens is 524 g/mol. The maximum atomic E-state index is 12.5. The van der Waals surface area contributed by atoms with E-state index in [-0.39, 0.29) is 30.4 Å². The highest BCUT2D eigenvalue weighted by atomic mass is 35.5. The number of amides is 2. The van der Waals surface area contributed by atoms with Gasteiger partial charge in [-0.2, -0.15) is 0 Å². The van der Waals surface area contributed by atoms with E-state index in [1.54, 1.807) is 30.3 Å². The largest absolute Gasteiger partial charge is 0.506 e. The van der Waals surface area contributed by atoms with Gasteiger partial charge in [-0.25, -0.2) is 0 Å². The number of ether oxygens (including phenoxy) is 3. The standard InChI is InChI=1S/C29H31ClN2O7/c1-17-12-21(30)7-10-26(17)37-11-5-6-27(35)32-24-15-23(8-9-25(24)34)39-29-18(2)13-22(14-19(29)3)31-28(36)16-38-20(4)33/h7-10,12-15,34H,5-6,11,16H2,1-4H3,(H,31,36)(H,32,35). The summed E-state index contributed by atoms with van der Waals surface area (Å²) in [4.78, 5) is 35.3. The lowest BCUT2D eigenvalue weighted by atomic mass is 10.1. The van der Waals surface area contributed by atoms with E-state index in [2.05, 4.69) is 10.6 Å². The zero-order valence-corrected chi connectivity index (χ0v) is 23.0. The summed E-state index contributed by atoms with van der Waals surface area (Å²) < 4.78 is 16.5. The van der Waals surface area contributed by atoms with Gasteiger partial charge in [-0.1, -0.05) is 11.6 Å². The van der Waals surface area contributed by atoms with Crippen LogP contribution in [0.25, 0.3) is 0 Å². The SMILES string of the molecule is CC(=O)OCC(=O)Nc1cc(C)c(Oc2ccc(O)c(NC(=O)CCCOc3ccc(Cl)cc3C)c2)c(C)c1. The van der Waals surface area contributed by atoms with Crippen LogP contribution in [0.15, 0.2) is 48.5 Å². The number of aryl methyl sites for hydroxylation is 3. The number of carbonyl (C=O) groups excluding carboxylic acids is 3. The number of phenolic OH excluding ortho intramolecular Hbond substituents is 1. The summed E-state index contributed by atoms with van der Waals surface area (Å²) in [5.41, 5.74) is 3.15. The quantitative estimate of drug-likeness (QED) is 0.149. The number of aromatic hydroxyl groups is 1. The average molecular weight is 555 g/mol. The van der Waals surface area contributed by atoms with Crippen LogP contribution in [-0.4, -0.2) is 36.1 Å². The molecule has 2 amide bonds. The Morgan fingerprint density at radius 2 is 1.62 bits per heavy atom. The second-order valence-corrected chi connectivity index (χ2v) is 9.40. The summed E-state index contributed by atoms with van der Waals surface area (Å²) in [6.07, 6.45) is 0.674. The maximum absolute atomic E-state index is 12.5. The second-order valence-electron chi connectivity index (χ2n) is 8.96. The number of halogens is 1. The van der Waals surface area contributed by atoms with Crippen molar-refractivity contribution in [1.29, 1.82) is 0 Å². The number of phenols is 1. The predicted octanol–water partition coefficient (Wildman–Crippen LogP) is 6.06. The number of anilines is 2. The van der Waals surface area contributed by atoms with Crippen LogP contribution < -0.4 is 20.1 Å². The molecule has 0 aromatic heterocycles. The van der Waals surface area contributed by atoms with Crippen LogP contribution in [0.2, 0.25) is 5.02 Å². The lowest BCUT2D eigenvalue weighted by Crippen LogP contribution is -2.19. The molecule has 3 aromatic rings. The zero-order valence-electron chi connectivity index (χ0n) is 22.2. The first-order valence-electron chi connectivity index (χ1n) is 12.3. The van der Waals surface area contributed by atoms with Crippen molar-refractivity contribution in [2.75, 3.05) is 23.8 Å². The fourth-order valence-electron chi connectivity index (χ4n) is 3.75. The minimum atomic E-state index is -0.538. The highest BCUT2D eigenvalue weighted by molar-refractivity contribution is 6.30. The van der Waals surface area contributed by atoms with Gasteiger partial charge in [0.1, 0.15) is 23.0 Å². The third-order valence-corrected chi connectivity index (χ3v) is 5.79. The normalized spacial score (nSPS) is 10.5. The molecule has 10 heteroatoms. The Morgan fingerprint density at radius 1 is 0.897 bits per heavy atom. The topological polar surface area (TPSA) is 123 Å². The summed E-state index contributed by atoms with van der Waals surface area (Å²) in [5.74, 6) is 0.314. The Bertz CT molecular complexity index is 1350. The fourth-order valence-corrected chi connectivity index (χ4v) is 3.97. The molecule has 3 aromatic carbocycles. The zero-order chi connectivity index (χ0) is 28.5. The summed E-state index contributed by atoms with van der Waals surface area (Å²) >= 11 is 5.96. The third-order valence-electron chi connectivity index (χ3n) is 5.56. The van der Waals surface area contributed by atoms with Crippen molar-refractivity contribution in [1.82, 2.24) is 0 Å². The molecule has 3 N–H and O–H groups in total. The molecule has 0 saturated carbocycles. The van der Waals surface area contributed by atoms with E-state index in [9.17, 15) is 19.5 Å². The van der Waals surface area contributed by atoms with Gasteiger partial charge in [-0.3, -0.25) is 14.4 Å². The number of carbonyl (C=O) groups is 3. The molecule has 39 heavy (non-hydrogen) atoms. The predicted molar refractivity (Wildman–Crippen MR) is 149 cm³/mol. The van der Waals surface area contributed by atoms with E-state index in [1.165, 1.54) is 19.1 Å². The van der Waals surface area contributed by atoms with Crippen LogP contribution in [0, 0.1) is 20.8 Å². The van der Waals surface area contributed by atoms with E-state index in [0.717, 1.165) is 16.7 Å². The molecule has 0 aliphatic heterocycles. The van der Waals surface area contributed by atoms with Crippen LogP contribution in [-0.2, 0) is 19.1 Å². The van der Waals surface area contributed by atoms with E-state index in [4.69, 9.17) is 25.8 Å². The van der Waals surface area contributed by atoms with Gasteiger partial charge in [0.25, 0.3) is 5.91 Å². The van der Waals surface area contributed by atoms with Gasteiger partial charge < -0.3 is 30.0 Å². The Kier molecular flexibility index (Phi) is 10.2. The molecule has 0 heterocycles. The number of hydrogen-bond acceptors (Lipinski definition) is 7. The van der Waals surface area contributed by atoms with Crippen LogP contribution in [0.3, 0.4) is 0 Å². The Morgan fingerprint density at radius 3 is 2.28 bits per heavy atom. The Labute approximate surface area is 232 Å². The molecule has 206 valence electrons. The van der Waals surface area contributed by atoms with Gasteiger partial charge in [0.2, 0.25) is 5.91 Å². The van der Waals surface area contributed by atoms with Crippen molar-refractivity contribution in [3.63, 3.8) is 0 Å². The van der Waals surface area contributed by atoms with Gasteiger partial charge in [-0.05, 0) is 86.3 Å². The van der Waals surface area contributed by atoms with Gasteiger partial charge in [0, 0.05) is 30.1 Å². The number of hydrogen-bond donors (Lipinski definition) is 3. The number of nitrogens with one attached hydrogen (secondary N) is 2. The maximum Gasteiger partial charge on any atom is 0.303 e. The van der Waals surface area contributed by atoms with E-state index >= 15 is 0 Å². The molecule has 9 nitrogen and oxygen atoms in total. The molecule has 0 fully saturated rings. The lowest BCUT2D eigenvalue weighted by molar-refractivity contribution is -0.144. The minimum absolute atomic E-state index is 0.0944. The molecule has 0 aliphatic carbocycles. The van der Waals surface area contributed by atoms with Gasteiger partial charge in [0.15, 0.2) is 6.61 Å². The molecule has 0 atom stereocenters. The van der Waals surface area contributed by atoms with E-state index < -0.39 is 11.9 Å². The number of esters is 1. The van der Waals surface area contributed by atoms with Crippen molar-refractivity contribution < 1.29 is 33.7 Å². The van der Waals surface area contributed by atoms with Gasteiger partial charge >= 0.3 is 5.97 Å². The highest BCUT2D eigenvalue weighted by Crippen LogP contribution is 2.35. The van der Waals surface area contributed by atoms with Crippen molar-refractivity contribution >= 4 is 40.8 Å². The van der Waals surface area contributed by atoms with Crippen LogP contribution in [0.4, 0.5) is 11.4 Å². The molecule has 0 bridgehead atoms. The first-order valence-corrected chi connectivity index (χ1v) is 12.6. The average Bonchev–Trinajstić information content (AvgIpc) is 2.86. The third kappa shape index (κ3) is 8.93. The van der Waals surface area contributed by atoms with Gasteiger partial charge in [0.05, 0.1) is 12.3 Å². The number of benzene rings is 3. The molecule has 3 rings (SSSR count). The molecule has 0 saturated heterocycles. The fraction of sp³-hybridized carbons (Fsp3) is 0.276. The van der Waals surface area contributed by atoms with Crippen molar-refractivity contribution in [3.8, 4) is 23.0 Å². The Balaban J connectivity index is 1.57. The summed E-state index contributed by atoms with van der Waals surface area (Å²) in [6, 6.07) is 13.4. The van der Waals surface area contributed by atoms with Crippen molar-refractivity contribution in [3.05, 3.63) is 70.2 Å². The second kappa shape index (κ2) is 13.5. The highest BCUT2D eigenvalue weighted by Gasteiger charge is 2.13. The van der Waals surface area contributed by atoms with Crippen LogP contribution in [0.5, 0.6) is 23.0 Å². The first kappa shape index (κ1) is 29.3. The lowest BCUT2D eigenvalue weighted by Gasteiger charge is -2.16. The van der Waals surface area contributed by atoms with Crippen LogP contribution >= 0.6 is 11.6 Å². The molecule has 0 radical (unpaired) electrons. The number of rotatable bonds is 11. The monoisotopic (exact) mass is 554 g/mol. The van der Waals surface area contributed by atoms with Gasteiger partial charge in [-0.15, -0.1) is 0 Å². The minimum Gasteiger partial charge on any atom is -0.506 e. The van der Waals surface area contributed by atoms with Crippen molar-refractivity contribution in [2.24, 2.45) is 0 Å². The first-order chi connectivity index (χ1) is 18.5. The summed E-state index contributed by atoms with van der Waals surface area (Å²) in [5, 5.41) is 16.3. The van der Waals surface area contributed by atoms with Crippen molar-refractivity contribution in [2.45, 2.75) is 40.5 Å². The Hall–Kier alpha value is -4.24. The van der Waals surface area contributed by atoms with Crippen LogP contribution in [0.1, 0.15) is 36.5 Å². The summed E-state index contributed by atoms with van der Waals surface area (Å²) in [6.45, 7) is 6.75. The molecular formula is C29H31ClN2O7. The molecule has 0 unspecified atom stereocenters. The molecule has 0 aliphatic rings. The van der Waals surface area contributed by atoms with E-state index in [0.29, 0.717) is 41.0 Å². The smallest absolute Gasteiger partial charge is 0.303 e. The summed E-state index contributed by atoms with van der Waals surface area (Å²) in [7, 11) is 0. The van der Waals surface area contributed by atoms with E-state index in [1.807, 2.05) is 26.8 Å².